The molecule has 2 N–H and O–H groups in total. The molecular weight excluding hydrogens is 255 g/mol. The second-order valence-electron chi connectivity index (χ2n) is 5.02. The van der Waals surface area contributed by atoms with E-state index in [4.69, 9.17) is 5.73 Å². The standard InChI is InChI=1S/C16H15FN2O/c17-13-5-1-11(2-6-13)12-3-7-15(8-4-12)19-10-14(18)9-16(19)20/h1-8,14H,9-10,18H2. The molecule has 1 unspecified atom stereocenters. The van der Waals surface area contributed by atoms with Crippen molar-refractivity contribution in [3.05, 3.63) is 54.3 Å². The number of carbonyl (C=O) groups is 1. The SMILES string of the molecule is NC1CC(=O)N(c2ccc(-c3ccc(F)cc3)cc2)C1. The molecule has 1 heterocycles. The number of amides is 1. The highest BCUT2D eigenvalue weighted by Crippen LogP contribution is 2.25. The van der Waals surface area contributed by atoms with Crippen molar-refractivity contribution in [1.82, 2.24) is 0 Å². The molecule has 3 rings (SSSR count). The first-order chi connectivity index (χ1) is 9.63. The Morgan fingerprint density at radius 1 is 1.00 bits per heavy atom. The first-order valence-corrected chi connectivity index (χ1v) is 6.55. The Labute approximate surface area is 116 Å². The molecule has 1 fully saturated rings. The molecule has 0 radical (unpaired) electrons. The van der Waals surface area contributed by atoms with Gasteiger partial charge in [0.05, 0.1) is 0 Å². The molecule has 0 saturated carbocycles. The number of hydrogen-bond acceptors (Lipinski definition) is 2. The lowest BCUT2D eigenvalue weighted by atomic mass is 10.1. The third-order valence-corrected chi connectivity index (χ3v) is 3.51. The van der Waals surface area contributed by atoms with Crippen LogP contribution in [-0.4, -0.2) is 18.5 Å². The van der Waals surface area contributed by atoms with Crippen LogP contribution in [0.5, 0.6) is 0 Å². The summed E-state index contributed by atoms with van der Waals surface area (Å²) in [5.41, 5.74) is 8.58. The molecule has 1 amide bonds. The molecule has 1 saturated heterocycles. The highest BCUT2D eigenvalue weighted by molar-refractivity contribution is 5.96. The maximum absolute atomic E-state index is 12.9. The molecule has 3 nitrogen and oxygen atoms in total. The van der Waals surface area contributed by atoms with Crippen LogP contribution in [0, 0.1) is 5.82 Å². The molecule has 1 aliphatic rings. The van der Waals surface area contributed by atoms with E-state index < -0.39 is 0 Å². The topological polar surface area (TPSA) is 46.3 Å². The zero-order chi connectivity index (χ0) is 14.1. The summed E-state index contributed by atoms with van der Waals surface area (Å²) in [6, 6.07) is 13.9. The first kappa shape index (κ1) is 12.8. The molecule has 0 aliphatic carbocycles. The zero-order valence-corrected chi connectivity index (χ0v) is 10.9. The van der Waals surface area contributed by atoms with Gasteiger partial charge in [0.1, 0.15) is 5.82 Å². The molecule has 0 bridgehead atoms. The van der Waals surface area contributed by atoms with Crippen molar-refractivity contribution in [3.8, 4) is 11.1 Å². The lowest BCUT2D eigenvalue weighted by molar-refractivity contribution is -0.117. The molecule has 1 atom stereocenters. The third kappa shape index (κ3) is 2.42. The van der Waals surface area contributed by atoms with Gasteiger partial charge >= 0.3 is 0 Å². The Bertz CT molecular complexity index is 622. The van der Waals surface area contributed by atoms with Crippen LogP contribution in [0.3, 0.4) is 0 Å². The fraction of sp³-hybridized carbons (Fsp3) is 0.188. The summed E-state index contributed by atoms with van der Waals surface area (Å²) < 4.78 is 12.9. The van der Waals surface area contributed by atoms with Crippen LogP contribution >= 0.6 is 0 Å². The van der Waals surface area contributed by atoms with Crippen molar-refractivity contribution in [2.45, 2.75) is 12.5 Å². The summed E-state index contributed by atoms with van der Waals surface area (Å²) >= 11 is 0. The largest absolute Gasteiger partial charge is 0.326 e. The lowest BCUT2D eigenvalue weighted by Crippen LogP contribution is -2.27. The third-order valence-electron chi connectivity index (χ3n) is 3.51. The molecule has 2 aromatic rings. The van der Waals surface area contributed by atoms with Gasteiger partial charge in [0.25, 0.3) is 0 Å². The van der Waals surface area contributed by atoms with E-state index in [-0.39, 0.29) is 17.8 Å². The van der Waals surface area contributed by atoms with Gasteiger partial charge in [0.2, 0.25) is 5.91 Å². The number of halogens is 1. The quantitative estimate of drug-likeness (QED) is 0.911. The summed E-state index contributed by atoms with van der Waals surface area (Å²) in [7, 11) is 0. The minimum absolute atomic E-state index is 0.0621. The van der Waals surface area contributed by atoms with Crippen LogP contribution in [-0.2, 0) is 4.79 Å². The monoisotopic (exact) mass is 270 g/mol. The molecule has 2 aromatic carbocycles. The van der Waals surface area contributed by atoms with Gasteiger partial charge in [0, 0.05) is 24.7 Å². The van der Waals surface area contributed by atoms with Gasteiger partial charge in [-0.3, -0.25) is 4.79 Å². The highest BCUT2D eigenvalue weighted by atomic mass is 19.1. The fourth-order valence-electron chi connectivity index (χ4n) is 2.46. The van der Waals surface area contributed by atoms with E-state index >= 15 is 0 Å². The maximum atomic E-state index is 12.9. The van der Waals surface area contributed by atoms with Crippen LogP contribution < -0.4 is 10.6 Å². The van der Waals surface area contributed by atoms with Crippen molar-refractivity contribution in [1.29, 1.82) is 0 Å². The molecule has 4 heteroatoms. The van der Waals surface area contributed by atoms with Crippen molar-refractivity contribution in [2.75, 3.05) is 11.4 Å². The van der Waals surface area contributed by atoms with E-state index in [1.165, 1.54) is 12.1 Å². The molecule has 102 valence electrons. The summed E-state index contributed by atoms with van der Waals surface area (Å²) in [5, 5.41) is 0. The van der Waals surface area contributed by atoms with Crippen LogP contribution in [0.15, 0.2) is 48.5 Å². The predicted molar refractivity (Wildman–Crippen MR) is 76.8 cm³/mol. The van der Waals surface area contributed by atoms with Gasteiger partial charge in [0.15, 0.2) is 0 Å². The van der Waals surface area contributed by atoms with Crippen molar-refractivity contribution >= 4 is 11.6 Å². The minimum atomic E-state index is -0.248. The maximum Gasteiger partial charge on any atom is 0.228 e. The smallest absolute Gasteiger partial charge is 0.228 e. The van der Waals surface area contributed by atoms with Gasteiger partial charge in [-0.25, -0.2) is 4.39 Å². The summed E-state index contributed by atoms with van der Waals surface area (Å²) in [6.07, 6.45) is 0.402. The van der Waals surface area contributed by atoms with E-state index in [1.807, 2.05) is 24.3 Å². The second-order valence-corrected chi connectivity index (χ2v) is 5.02. The van der Waals surface area contributed by atoms with Gasteiger partial charge < -0.3 is 10.6 Å². The number of nitrogens with zero attached hydrogens (tertiary/aromatic N) is 1. The summed E-state index contributed by atoms with van der Waals surface area (Å²) in [4.78, 5) is 13.5. The second kappa shape index (κ2) is 5.06. The molecular formula is C16H15FN2O. The molecule has 1 aliphatic heterocycles. The molecule has 0 aromatic heterocycles. The van der Waals surface area contributed by atoms with Crippen molar-refractivity contribution < 1.29 is 9.18 Å². The number of anilines is 1. The predicted octanol–water partition coefficient (Wildman–Crippen LogP) is 2.56. The van der Waals surface area contributed by atoms with Crippen LogP contribution in [0.25, 0.3) is 11.1 Å². The van der Waals surface area contributed by atoms with Gasteiger partial charge in [-0.1, -0.05) is 24.3 Å². The molecule has 0 spiro atoms. The van der Waals surface area contributed by atoms with Crippen molar-refractivity contribution in [2.24, 2.45) is 5.73 Å². The van der Waals surface area contributed by atoms with E-state index in [0.29, 0.717) is 13.0 Å². The van der Waals surface area contributed by atoms with Gasteiger partial charge in [-0.15, -0.1) is 0 Å². The van der Waals surface area contributed by atoms with Gasteiger partial charge in [-0.2, -0.15) is 0 Å². The summed E-state index contributed by atoms with van der Waals surface area (Å²) in [6.45, 7) is 0.564. The average Bonchev–Trinajstić information content (AvgIpc) is 2.79. The van der Waals surface area contributed by atoms with Crippen LogP contribution in [0.2, 0.25) is 0 Å². The van der Waals surface area contributed by atoms with E-state index in [0.717, 1.165) is 16.8 Å². The Morgan fingerprint density at radius 2 is 1.55 bits per heavy atom. The normalized spacial score (nSPS) is 18.6. The highest BCUT2D eigenvalue weighted by Gasteiger charge is 2.27. The number of carbonyl (C=O) groups excluding carboxylic acids is 1. The Kier molecular flexibility index (Phi) is 3.24. The Hall–Kier alpha value is -2.20. The van der Waals surface area contributed by atoms with Crippen molar-refractivity contribution in [3.63, 3.8) is 0 Å². The zero-order valence-electron chi connectivity index (χ0n) is 10.9. The number of hydrogen-bond donors (Lipinski definition) is 1. The van der Waals surface area contributed by atoms with Gasteiger partial charge in [-0.05, 0) is 35.4 Å². The van der Waals surface area contributed by atoms with Crippen LogP contribution in [0.4, 0.5) is 10.1 Å². The number of rotatable bonds is 2. The lowest BCUT2D eigenvalue weighted by Gasteiger charge is -2.16. The number of benzene rings is 2. The van der Waals surface area contributed by atoms with E-state index in [1.54, 1.807) is 17.0 Å². The number of nitrogens with two attached hydrogens (primary N) is 1. The minimum Gasteiger partial charge on any atom is -0.326 e. The first-order valence-electron chi connectivity index (χ1n) is 6.55. The molecule has 20 heavy (non-hydrogen) atoms. The Balaban J connectivity index is 1.84. The van der Waals surface area contributed by atoms with E-state index in [2.05, 4.69) is 0 Å². The van der Waals surface area contributed by atoms with E-state index in [9.17, 15) is 9.18 Å². The van der Waals surface area contributed by atoms with Crippen LogP contribution in [0.1, 0.15) is 6.42 Å². The fourth-order valence-corrected chi connectivity index (χ4v) is 2.46. The Morgan fingerprint density at radius 3 is 2.05 bits per heavy atom. The summed E-state index contributed by atoms with van der Waals surface area (Å²) in [5.74, 6) is -0.186. The average molecular weight is 270 g/mol.